The number of ether oxygens (including phenoxy) is 1. The van der Waals surface area contributed by atoms with Crippen LogP contribution >= 0.6 is 0 Å². The number of benzene rings is 2. The third-order valence-electron chi connectivity index (χ3n) is 5.16. The number of carbonyl (C=O) groups excluding carboxylic acids is 1. The van der Waals surface area contributed by atoms with Gasteiger partial charge in [-0.3, -0.25) is 4.79 Å². The lowest BCUT2D eigenvalue weighted by Crippen LogP contribution is -3.19. The highest BCUT2D eigenvalue weighted by Gasteiger charge is 2.34. The van der Waals surface area contributed by atoms with E-state index in [1.165, 1.54) is 16.4 Å². The fraction of sp³-hybridized carbons (Fsp3) is 0.350. The molecule has 156 valence electrons. The third kappa shape index (κ3) is 4.92. The van der Waals surface area contributed by atoms with E-state index in [1.54, 1.807) is 31.4 Å². The minimum Gasteiger partial charge on any atom is -0.497 e. The van der Waals surface area contributed by atoms with Crippen molar-refractivity contribution in [2.45, 2.75) is 17.9 Å². The van der Waals surface area contributed by atoms with E-state index in [4.69, 9.17) is 4.74 Å². The van der Waals surface area contributed by atoms with Crippen LogP contribution in [-0.2, 0) is 14.8 Å². The molecular weight excluding hydrogens is 397 g/mol. The molecule has 0 unspecified atom stereocenters. The summed E-state index contributed by atoms with van der Waals surface area (Å²) in [5.74, 6) is 0.0413. The van der Waals surface area contributed by atoms with Gasteiger partial charge in [-0.25, -0.2) is 12.8 Å². The average Bonchev–Trinajstić information content (AvgIpc) is 2.73. The van der Waals surface area contributed by atoms with Gasteiger partial charge in [0.2, 0.25) is 10.0 Å². The molecule has 2 aromatic rings. The summed E-state index contributed by atoms with van der Waals surface area (Å²) in [6, 6.07) is 11.6. The van der Waals surface area contributed by atoms with Crippen molar-refractivity contribution in [3.8, 4) is 5.75 Å². The highest BCUT2D eigenvalue weighted by molar-refractivity contribution is 7.89. The van der Waals surface area contributed by atoms with E-state index in [9.17, 15) is 17.6 Å². The minimum absolute atomic E-state index is 0.0752. The number of sulfonamides is 1. The monoisotopic (exact) mass is 422 g/mol. The predicted octanol–water partition coefficient (Wildman–Crippen LogP) is 0.751. The molecule has 1 saturated heterocycles. The van der Waals surface area contributed by atoms with Gasteiger partial charge in [0.15, 0.2) is 6.04 Å². The Balaban J connectivity index is 1.59. The first-order valence-corrected chi connectivity index (χ1v) is 10.8. The molecule has 1 aliphatic rings. The zero-order chi connectivity index (χ0) is 21.0. The van der Waals surface area contributed by atoms with Crippen molar-refractivity contribution < 1.29 is 27.2 Å². The number of nitrogens with zero attached hydrogens (tertiary/aromatic N) is 1. The number of nitrogens with one attached hydrogen (secondary N) is 2. The lowest BCUT2D eigenvalue weighted by Gasteiger charge is -2.34. The van der Waals surface area contributed by atoms with Crippen LogP contribution in [0.2, 0.25) is 0 Å². The average molecular weight is 423 g/mol. The fourth-order valence-corrected chi connectivity index (χ4v) is 4.78. The van der Waals surface area contributed by atoms with Gasteiger partial charge >= 0.3 is 0 Å². The minimum atomic E-state index is -3.67. The first-order valence-electron chi connectivity index (χ1n) is 9.36. The third-order valence-corrected chi connectivity index (χ3v) is 7.07. The van der Waals surface area contributed by atoms with Crippen LogP contribution in [0.5, 0.6) is 5.75 Å². The second-order valence-electron chi connectivity index (χ2n) is 6.96. The van der Waals surface area contributed by atoms with Gasteiger partial charge in [0.1, 0.15) is 11.6 Å². The van der Waals surface area contributed by atoms with Crippen molar-refractivity contribution in [3.05, 3.63) is 54.3 Å². The first kappa shape index (κ1) is 21.2. The highest BCUT2D eigenvalue weighted by Crippen LogP contribution is 2.17. The normalized spacial score (nSPS) is 16.9. The van der Waals surface area contributed by atoms with Gasteiger partial charge < -0.3 is 15.0 Å². The molecule has 1 heterocycles. The van der Waals surface area contributed by atoms with Gasteiger partial charge in [-0.1, -0.05) is 6.07 Å². The maximum absolute atomic E-state index is 13.1. The Morgan fingerprint density at radius 1 is 1.17 bits per heavy atom. The summed E-state index contributed by atoms with van der Waals surface area (Å²) >= 11 is 0. The molecule has 1 amide bonds. The molecule has 2 N–H and O–H groups in total. The van der Waals surface area contributed by atoms with E-state index in [-0.39, 0.29) is 16.8 Å². The van der Waals surface area contributed by atoms with Gasteiger partial charge in [0, 0.05) is 11.8 Å². The number of amides is 1. The number of rotatable bonds is 6. The van der Waals surface area contributed by atoms with E-state index < -0.39 is 15.8 Å². The van der Waals surface area contributed by atoms with E-state index in [0.29, 0.717) is 37.6 Å². The maximum Gasteiger partial charge on any atom is 0.282 e. The van der Waals surface area contributed by atoms with Crippen LogP contribution in [0.3, 0.4) is 0 Å². The van der Waals surface area contributed by atoms with E-state index in [1.807, 2.05) is 6.92 Å². The Kier molecular flexibility index (Phi) is 6.51. The van der Waals surface area contributed by atoms with Gasteiger partial charge in [-0.15, -0.1) is 0 Å². The number of anilines is 1. The topological polar surface area (TPSA) is 80.2 Å². The molecule has 0 radical (unpaired) electrons. The fourth-order valence-electron chi connectivity index (χ4n) is 3.34. The summed E-state index contributed by atoms with van der Waals surface area (Å²) in [6.45, 7) is 3.44. The molecule has 7 nitrogen and oxygen atoms in total. The quantitative estimate of drug-likeness (QED) is 0.720. The molecule has 9 heteroatoms. The van der Waals surface area contributed by atoms with Crippen molar-refractivity contribution in [1.29, 1.82) is 0 Å². The number of piperazine rings is 1. The number of quaternary nitrogens is 1. The number of hydrogen-bond acceptors (Lipinski definition) is 4. The van der Waals surface area contributed by atoms with E-state index in [2.05, 4.69) is 5.32 Å². The van der Waals surface area contributed by atoms with E-state index in [0.717, 1.165) is 17.0 Å². The summed E-state index contributed by atoms with van der Waals surface area (Å²) in [4.78, 5) is 13.7. The zero-order valence-corrected chi connectivity index (χ0v) is 17.2. The van der Waals surface area contributed by atoms with Gasteiger partial charge in [0.05, 0.1) is 38.2 Å². The standard InChI is InChI=1S/C20H24FN3O4S/c1-15(20(25)22-17-4-3-5-18(14-17)28-2)23-10-12-24(13-11-23)29(26,27)19-8-6-16(21)7-9-19/h3-9,14-15H,10-13H2,1-2H3,(H,22,25)/p+1/t15-/m1/s1. The molecule has 0 saturated carbocycles. The molecule has 29 heavy (non-hydrogen) atoms. The molecule has 1 fully saturated rings. The number of methoxy groups -OCH3 is 1. The van der Waals surface area contributed by atoms with Gasteiger partial charge in [-0.2, -0.15) is 4.31 Å². The first-order chi connectivity index (χ1) is 13.8. The summed E-state index contributed by atoms with van der Waals surface area (Å²) < 4.78 is 45.0. The van der Waals surface area contributed by atoms with Crippen molar-refractivity contribution in [3.63, 3.8) is 0 Å². The Hall–Kier alpha value is -2.49. The molecule has 0 bridgehead atoms. The van der Waals surface area contributed by atoms with Crippen LogP contribution in [0.25, 0.3) is 0 Å². The van der Waals surface area contributed by atoms with Crippen LogP contribution in [0, 0.1) is 5.82 Å². The van der Waals surface area contributed by atoms with Crippen molar-refractivity contribution in [2.75, 3.05) is 38.6 Å². The Morgan fingerprint density at radius 2 is 1.83 bits per heavy atom. The van der Waals surface area contributed by atoms with Gasteiger partial charge in [0.25, 0.3) is 5.91 Å². The van der Waals surface area contributed by atoms with Crippen molar-refractivity contribution in [1.82, 2.24) is 4.31 Å². The van der Waals surface area contributed by atoms with Crippen LogP contribution in [0.1, 0.15) is 6.92 Å². The van der Waals surface area contributed by atoms with Crippen LogP contribution < -0.4 is 15.0 Å². The largest absolute Gasteiger partial charge is 0.497 e. The van der Waals surface area contributed by atoms with Crippen LogP contribution in [0.4, 0.5) is 10.1 Å². The molecule has 0 aromatic heterocycles. The Morgan fingerprint density at radius 3 is 2.45 bits per heavy atom. The SMILES string of the molecule is COc1cccc(NC(=O)[C@@H](C)[NH+]2CCN(S(=O)(=O)c3ccc(F)cc3)CC2)c1. The molecular formula is C20H25FN3O4S+. The lowest BCUT2D eigenvalue weighted by atomic mass is 10.2. The van der Waals surface area contributed by atoms with Crippen molar-refractivity contribution in [2.24, 2.45) is 0 Å². The summed E-state index contributed by atoms with van der Waals surface area (Å²) in [5, 5.41) is 2.88. The molecule has 3 rings (SSSR count). The second kappa shape index (κ2) is 8.89. The number of carbonyl (C=O) groups is 1. The number of halogens is 1. The summed E-state index contributed by atoms with van der Waals surface area (Å²) in [5.41, 5.74) is 0.651. The molecule has 0 aliphatic carbocycles. The molecule has 0 spiro atoms. The Labute approximate surface area is 170 Å². The van der Waals surface area contributed by atoms with E-state index >= 15 is 0 Å². The number of hydrogen-bond donors (Lipinski definition) is 2. The van der Waals surface area contributed by atoms with Crippen LogP contribution in [-0.4, -0.2) is 58.0 Å². The summed E-state index contributed by atoms with van der Waals surface area (Å²) in [6.07, 6.45) is 0. The second-order valence-corrected chi connectivity index (χ2v) is 8.90. The molecule has 1 atom stereocenters. The zero-order valence-electron chi connectivity index (χ0n) is 16.4. The predicted molar refractivity (Wildman–Crippen MR) is 107 cm³/mol. The maximum atomic E-state index is 13.1. The Bertz CT molecular complexity index is 958. The van der Waals surface area contributed by atoms with Crippen LogP contribution in [0.15, 0.2) is 53.4 Å². The summed E-state index contributed by atoms with van der Waals surface area (Å²) in [7, 11) is -2.10. The van der Waals surface area contributed by atoms with Crippen molar-refractivity contribution >= 4 is 21.6 Å². The smallest absolute Gasteiger partial charge is 0.282 e. The lowest BCUT2D eigenvalue weighted by molar-refractivity contribution is -0.917. The molecule has 1 aliphatic heterocycles. The van der Waals surface area contributed by atoms with Gasteiger partial charge in [-0.05, 0) is 43.3 Å². The highest BCUT2D eigenvalue weighted by atomic mass is 32.2. The molecule has 2 aromatic carbocycles.